The van der Waals surface area contributed by atoms with E-state index in [0.29, 0.717) is 25.6 Å². The van der Waals surface area contributed by atoms with Crippen LogP contribution >= 0.6 is 0 Å². The van der Waals surface area contributed by atoms with Crippen molar-refractivity contribution in [3.63, 3.8) is 0 Å². The van der Waals surface area contributed by atoms with Crippen LogP contribution in [0.4, 0.5) is 0 Å². The maximum atomic E-state index is 12.5. The van der Waals surface area contributed by atoms with Crippen molar-refractivity contribution in [3.8, 4) is 0 Å². The number of pyridine rings is 1. The Bertz CT molecular complexity index is 765. The Morgan fingerprint density at radius 2 is 1.96 bits per heavy atom. The van der Waals surface area contributed by atoms with E-state index in [1.54, 1.807) is 0 Å². The van der Waals surface area contributed by atoms with Gasteiger partial charge in [0.25, 0.3) is 0 Å². The highest BCUT2D eigenvalue weighted by Gasteiger charge is 2.30. The Morgan fingerprint density at radius 1 is 1.11 bits per heavy atom. The van der Waals surface area contributed by atoms with Crippen molar-refractivity contribution in [1.29, 1.82) is 0 Å². The third kappa shape index (κ3) is 4.67. The number of ether oxygens (including phenoxy) is 1. The van der Waals surface area contributed by atoms with E-state index >= 15 is 0 Å². The van der Waals surface area contributed by atoms with E-state index in [2.05, 4.69) is 34.6 Å². The minimum absolute atomic E-state index is 0.121. The molecule has 4 heteroatoms. The first kappa shape index (κ1) is 18.4. The lowest BCUT2D eigenvalue weighted by Crippen LogP contribution is -2.40. The topological polar surface area (TPSA) is 51.2 Å². The summed E-state index contributed by atoms with van der Waals surface area (Å²) in [6.07, 6.45) is 11.1. The lowest BCUT2D eigenvalue weighted by molar-refractivity contribution is -0.122. The fourth-order valence-electron chi connectivity index (χ4n) is 4.66. The van der Waals surface area contributed by atoms with Gasteiger partial charge in [-0.15, -0.1) is 0 Å². The zero-order chi connectivity index (χ0) is 18.5. The van der Waals surface area contributed by atoms with Crippen LogP contribution in [0.1, 0.15) is 50.5 Å². The highest BCUT2D eigenvalue weighted by molar-refractivity contribution is 5.82. The van der Waals surface area contributed by atoms with Crippen molar-refractivity contribution >= 4 is 16.8 Å². The molecule has 0 unspecified atom stereocenters. The predicted molar refractivity (Wildman–Crippen MR) is 107 cm³/mol. The molecular weight excluding hydrogens is 336 g/mol. The van der Waals surface area contributed by atoms with Gasteiger partial charge in [0.05, 0.1) is 24.8 Å². The molecule has 27 heavy (non-hydrogen) atoms. The molecule has 1 aliphatic carbocycles. The molecule has 1 N–H and O–H groups in total. The van der Waals surface area contributed by atoms with Crippen LogP contribution < -0.4 is 5.32 Å². The van der Waals surface area contributed by atoms with Crippen LogP contribution in [0.3, 0.4) is 0 Å². The van der Waals surface area contributed by atoms with Crippen LogP contribution in [0.25, 0.3) is 10.9 Å². The van der Waals surface area contributed by atoms with Crippen molar-refractivity contribution in [3.05, 3.63) is 42.1 Å². The van der Waals surface area contributed by atoms with Gasteiger partial charge in [0.1, 0.15) is 0 Å². The first-order chi connectivity index (χ1) is 13.3. The second kappa shape index (κ2) is 8.83. The zero-order valence-electron chi connectivity index (χ0n) is 16.0. The molecule has 1 aromatic carbocycles. The summed E-state index contributed by atoms with van der Waals surface area (Å²) in [5, 5.41) is 4.46. The van der Waals surface area contributed by atoms with Gasteiger partial charge in [0.2, 0.25) is 5.91 Å². The minimum atomic E-state index is 0.121. The molecule has 0 bridgehead atoms. The van der Waals surface area contributed by atoms with Gasteiger partial charge in [-0.25, -0.2) is 0 Å². The Hall–Kier alpha value is -1.94. The molecule has 2 aliphatic rings. The van der Waals surface area contributed by atoms with Crippen LogP contribution in [0.2, 0.25) is 0 Å². The summed E-state index contributed by atoms with van der Waals surface area (Å²) in [6.45, 7) is 1.34. The molecule has 2 aromatic rings. The molecule has 2 atom stereocenters. The molecule has 0 spiro atoms. The maximum Gasteiger partial charge on any atom is 0.220 e. The molecule has 1 saturated heterocycles. The smallest absolute Gasteiger partial charge is 0.220 e. The number of carbonyl (C=O) groups excluding carboxylic acids is 1. The summed E-state index contributed by atoms with van der Waals surface area (Å²) in [5.41, 5.74) is 2.32. The molecule has 0 radical (unpaired) electrons. The Morgan fingerprint density at radius 3 is 2.85 bits per heavy atom. The quantitative estimate of drug-likeness (QED) is 0.831. The number of hydrogen-bond acceptors (Lipinski definition) is 3. The summed E-state index contributed by atoms with van der Waals surface area (Å²) < 4.78 is 5.72. The van der Waals surface area contributed by atoms with Gasteiger partial charge in [0, 0.05) is 23.9 Å². The highest BCUT2D eigenvalue weighted by Crippen LogP contribution is 2.28. The van der Waals surface area contributed by atoms with E-state index in [9.17, 15) is 4.79 Å². The Balaban J connectivity index is 1.34. The molecule has 1 saturated carbocycles. The number of benzene rings is 1. The monoisotopic (exact) mass is 366 g/mol. The molecule has 1 aromatic heterocycles. The van der Waals surface area contributed by atoms with Gasteiger partial charge < -0.3 is 10.1 Å². The summed E-state index contributed by atoms with van der Waals surface area (Å²) in [7, 11) is 0. The van der Waals surface area contributed by atoms with E-state index in [1.165, 1.54) is 43.1 Å². The minimum Gasteiger partial charge on any atom is -0.379 e. The van der Waals surface area contributed by atoms with Crippen molar-refractivity contribution < 1.29 is 9.53 Å². The fourth-order valence-corrected chi connectivity index (χ4v) is 4.66. The molecule has 2 fully saturated rings. The van der Waals surface area contributed by atoms with Crippen molar-refractivity contribution in [2.75, 3.05) is 13.2 Å². The van der Waals surface area contributed by atoms with Gasteiger partial charge in [-0.3, -0.25) is 9.78 Å². The summed E-state index contributed by atoms with van der Waals surface area (Å²) >= 11 is 0. The van der Waals surface area contributed by atoms with Crippen molar-refractivity contribution in [2.24, 2.45) is 11.8 Å². The van der Waals surface area contributed by atoms with Crippen LogP contribution in [0.15, 0.2) is 36.5 Å². The van der Waals surface area contributed by atoms with E-state index in [4.69, 9.17) is 4.74 Å². The van der Waals surface area contributed by atoms with E-state index in [-0.39, 0.29) is 11.9 Å². The van der Waals surface area contributed by atoms with E-state index < -0.39 is 0 Å². The summed E-state index contributed by atoms with van der Waals surface area (Å²) in [6, 6.07) is 10.5. The largest absolute Gasteiger partial charge is 0.379 e. The van der Waals surface area contributed by atoms with Crippen molar-refractivity contribution in [1.82, 2.24) is 10.3 Å². The second-order valence-corrected chi connectivity index (χ2v) is 8.21. The number of para-hydroxylation sites is 1. The third-order valence-electron chi connectivity index (χ3n) is 6.27. The molecule has 2 heterocycles. The van der Waals surface area contributed by atoms with Gasteiger partial charge >= 0.3 is 0 Å². The molecule has 4 nitrogen and oxygen atoms in total. The Kier molecular flexibility index (Phi) is 6.03. The number of rotatable bonds is 6. The number of nitrogens with one attached hydrogen (secondary N) is 1. The lowest BCUT2D eigenvalue weighted by Gasteiger charge is -2.23. The zero-order valence-corrected chi connectivity index (χ0v) is 16.0. The average Bonchev–Trinajstić information content (AvgIpc) is 3.14. The number of carbonyl (C=O) groups is 1. The third-order valence-corrected chi connectivity index (χ3v) is 6.27. The molecule has 144 valence electrons. The van der Waals surface area contributed by atoms with Gasteiger partial charge in [-0.1, -0.05) is 50.3 Å². The van der Waals surface area contributed by atoms with Crippen LogP contribution in [0.5, 0.6) is 0 Å². The lowest BCUT2D eigenvalue weighted by atomic mass is 9.86. The van der Waals surface area contributed by atoms with Crippen LogP contribution in [-0.4, -0.2) is 30.1 Å². The second-order valence-electron chi connectivity index (χ2n) is 8.21. The SMILES string of the molecule is O=C(CCC1CCCCC1)N[C@H]1COC[C@H]1Cc1ccnc2ccccc12. The Labute approximate surface area is 161 Å². The number of fused-ring (bicyclic) bond motifs is 1. The highest BCUT2D eigenvalue weighted by atomic mass is 16.5. The molecule has 1 amide bonds. The fraction of sp³-hybridized carbons (Fsp3) is 0.565. The maximum absolute atomic E-state index is 12.5. The average molecular weight is 367 g/mol. The van der Waals surface area contributed by atoms with E-state index in [0.717, 1.165) is 24.3 Å². The van der Waals surface area contributed by atoms with Gasteiger partial charge in [0.15, 0.2) is 0 Å². The van der Waals surface area contributed by atoms with Crippen LogP contribution in [0, 0.1) is 11.8 Å². The number of nitrogens with zero attached hydrogens (tertiary/aromatic N) is 1. The van der Waals surface area contributed by atoms with Crippen LogP contribution in [-0.2, 0) is 16.0 Å². The van der Waals surface area contributed by atoms with Crippen molar-refractivity contribution in [2.45, 2.75) is 57.4 Å². The summed E-state index contributed by atoms with van der Waals surface area (Å²) in [5.74, 6) is 1.28. The standard InChI is InChI=1S/C23H30N2O2/c26-23(11-10-17-6-2-1-3-7-17)25-22-16-27-15-19(22)14-18-12-13-24-21-9-5-4-8-20(18)21/h4-5,8-9,12-13,17,19,22H,1-3,6-7,10-11,14-16H2,(H,25,26)/t19-,22+/m1/s1. The normalized spacial score (nSPS) is 23.6. The predicted octanol–water partition coefficient (Wildman–Crippen LogP) is 4.27. The number of hydrogen-bond donors (Lipinski definition) is 1. The first-order valence-electron chi connectivity index (χ1n) is 10.5. The van der Waals surface area contributed by atoms with Gasteiger partial charge in [-0.2, -0.15) is 0 Å². The number of aromatic nitrogens is 1. The summed E-state index contributed by atoms with van der Waals surface area (Å²) in [4.78, 5) is 16.9. The van der Waals surface area contributed by atoms with E-state index in [1.807, 2.05) is 12.3 Å². The van der Waals surface area contributed by atoms with Gasteiger partial charge in [-0.05, 0) is 36.5 Å². The molecule has 1 aliphatic heterocycles. The molecule has 4 rings (SSSR count). The molecular formula is C23H30N2O2. The first-order valence-corrected chi connectivity index (χ1v) is 10.5. The number of amides is 1.